The van der Waals surface area contributed by atoms with E-state index in [1.54, 1.807) is 13.2 Å². The van der Waals surface area contributed by atoms with Crippen LogP contribution < -0.4 is 9.47 Å². The summed E-state index contributed by atoms with van der Waals surface area (Å²) in [6.07, 6.45) is 0. The van der Waals surface area contributed by atoms with Gasteiger partial charge in [0.15, 0.2) is 11.5 Å². The SMILES string of the molecule is COC(=O)c1sc2cc(OCc3ccccc3)c(OC)cc2c1Cl. The van der Waals surface area contributed by atoms with Crippen molar-refractivity contribution < 1.29 is 19.0 Å². The third kappa shape index (κ3) is 3.18. The Kier molecular flexibility index (Phi) is 4.92. The molecular formula is C18H15ClO4S. The van der Waals surface area contributed by atoms with Gasteiger partial charge in [0, 0.05) is 16.2 Å². The lowest BCUT2D eigenvalue weighted by atomic mass is 10.2. The molecule has 0 saturated heterocycles. The monoisotopic (exact) mass is 362 g/mol. The van der Waals surface area contributed by atoms with Crippen LogP contribution in [-0.2, 0) is 11.3 Å². The van der Waals surface area contributed by atoms with Gasteiger partial charge in [-0.2, -0.15) is 0 Å². The van der Waals surface area contributed by atoms with Gasteiger partial charge in [-0.05, 0) is 11.6 Å². The number of fused-ring (bicyclic) bond motifs is 1. The topological polar surface area (TPSA) is 44.8 Å². The summed E-state index contributed by atoms with van der Waals surface area (Å²) >= 11 is 7.57. The molecule has 0 unspecified atom stereocenters. The van der Waals surface area contributed by atoms with E-state index in [-0.39, 0.29) is 0 Å². The van der Waals surface area contributed by atoms with E-state index in [2.05, 4.69) is 0 Å². The maximum atomic E-state index is 11.8. The summed E-state index contributed by atoms with van der Waals surface area (Å²) in [5.41, 5.74) is 1.05. The molecule has 2 aromatic carbocycles. The van der Waals surface area contributed by atoms with Gasteiger partial charge in [-0.1, -0.05) is 41.9 Å². The van der Waals surface area contributed by atoms with Crippen molar-refractivity contribution in [3.05, 3.63) is 57.9 Å². The van der Waals surface area contributed by atoms with Gasteiger partial charge < -0.3 is 14.2 Å². The molecule has 0 atom stereocenters. The molecule has 3 rings (SSSR count). The molecule has 0 fully saturated rings. The molecule has 3 aromatic rings. The summed E-state index contributed by atoms with van der Waals surface area (Å²) in [6, 6.07) is 13.5. The average molecular weight is 363 g/mol. The number of ether oxygens (including phenoxy) is 3. The molecule has 0 bridgehead atoms. The summed E-state index contributed by atoms with van der Waals surface area (Å²) in [6.45, 7) is 0.422. The van der Waals surface area contributed by atoms with Crippen LogP contribution in [0.15, 0.2) is 42.5 Å². The predicted molar refractivity (Wildman–Crippen MR) is 95.5 cm³/mol. The highest BCUT2D eigenvalue weighted by Crippen LogP contribution is 2.42. The lowest BCUT2D eigenvalue weighted by Crippen LogP contribution is -1.98. The standard InChI is InChI=1S/C18H15ClO4S/c1-21-13-8-12-15(24-17(16(12)19)18(20)22-2)9-14(13)23-10-11-6-4-3-5-7-11/h3-9H,10H2,1-2H3. The number of thiophene rings is 1. The minimum atomic E-state index is -0.452. The number of hydrogen-bond donors (Lipinski definition) is 0. The van der Waals surface area contributed by atoms with Crippen molar-refractivity contribution in [3.63, 3.8) is 0 Å². The third-order valence-electron chi connectivity index (χ3n) is 3.52. The Bertz CT molecular complexity index is 874. The van der Waals surface area contributed by atoms with Crippen LogP contribution in [0.5, 0.6) is 11.5 Å². The lowest BCUT2D eigenvalue weighted by molar-refractivity contribution is 0.0606. The number of benzene rings is 2. The Labute approximate surface area is 148 Å². The molecule has 0 radical (unpaired) electrons. The largest absolute Gasteiger partial charge is 0.493 e. The van der Waals surface area contributed by atoms with Gasteiger partial charge in [0.25, 0.3) is 0 Å². The quantitative estimate of drug-likeness (QED) is 0.604. The van der Waals surface area contributed by atoms with E-state index >= 15 is 0 Å². The molecule has 0 aliphatic carbocycles. The molecule has 4 nitrogen and oxygen atoms in total. The summed E-state index contributed by atoms with van der Waals surface area (Å²) in [5.74, 6) is 0.713. The second-order valence-electron chi connectivity index (χ2n) is 5.01. The van der Waals surface area contributed by atoms with E-state index in [0.29, 0.717) is 28.0 Å². The predicted octanol–water partition coefficient (Wildman–Crippen LogP) is 4.93. The van der Waals surface area contributed by atoms with Crippen molar-refractivity contribution in [3.8, 4) is 11.5 Å². The van der Waals surface area contributed by atoms with Gasteiger partial charge >= 0.3 is 5.97 Å². The highest BCUT2D eigenvalue weighted by Gasteiger charge is 2.20. The Balaban J connectivity index is 1.97. The molecule has 6 heteroatoms. The van der Waals surface area contributed by atoms with Gasteiger partial charge in [0.1, 0.15) is 11.5 Å². The van der Waals surface area contributed by atoms with E-state index in [0.717, 1.165) is 15.6 Å². The molecule has 24 heavy (non-hydrogen) atoms. The van der Waals surface area contributed by atoms with Crippen LogP contribution in [0, 0.1) is 0 Å². The number of hydrogen-bond acceptors (Lipinski definition) is 5. The number of carbonyl (C=O) groups is 1. The second-order valence-corrected chi connectivity index (χ2v) is 6.44. The molecular weight excluding hydrogens is 348 g/mol. The molecule has 0 amide bonds. The number of methoxy groups -OCH3 is 2. The lowest BCUT2D eigenvalue weighted by Gasteiger charge is -2.11. The highest BCUT2D eigenvalue weighted by atomic mass is 35.5. The fraction of sp³-hybridized carbons (Fsp3) is 0.167. The zero-order valence-electron chi connectivity index (χ0n) is 13.2. The molecule has 1 aromatic heterocycles. The van der Waals surface area contributed by atoms with Crippen LogP contribution in [0.3, 0.4) is 0 Å². The normalized spacial score (nSPS) is 10.6. The minimum Gasteiger partial charge on any atom is -0.493 e. The molecule has 0 aliphatic heterocycles. The summed E-state index contributed by atoms with van der Waals surface area (Å²) in [7, 11) is 2.90. The third-order valence-corrected chi connectivity index (χ3v) is 5.16. The van der Waals surface area contributed by atoms with E-state index in [1.807, 2.05) is 36.4 Å². The van der Waals surface area contributed by atoms with E-state index in [9.17, 15) is 4.79 Å². The Morgan fingerprint density at radius 1 is 1.12 bits per heavy atom. The van der Waals surface area contributed by atoms with Crippen molar-refractivity contribution in [1.82, 2.24) is 0 Å². The van der Waals surface area contributed by atoms with Crippen molar-refractivity contribution >= 4 is 39.0 Å². The first-order valence-corrected chi connectivity index (χ1v) is 8.38. The van der Waals surface area contributed by atoms with Crippen LogP contribution in [0.25, 0.3) is 10.1 Å². The molecule has 124 valence electrons. The Hall–Kier alpha value is -2.24. The first-order chi connectivity index (χ1) is 11.6. The van der Waals surface area contributed by atoms with Crippen LogP contribution in [-0.4, -0.2) is 20.2 Å². The van der Waals surface area contributed by atoms with Crippen molar-refractivity contribution in [2.75, 3.05) is 14.2 Å². The smallest absolute Gasteiger partial charge is 0.349 e. The fourth-order valence-corrected chi connectivity index (χ4v) is 3.73. The number of carbonyl (C=O) groups excluding carboxylic acids is 1. The summed E-state index contributed by atoms with van der Waals surface area (Å²) in [4.78, 5) is 12.2. The maximum Gasteiger partial charge on any atom is 0.349 e. The van der Waals surface area contributed by atoms with Crippen LogP contribution in [0.4, 0.5) is 0 Å². The number of rotatable bonds is 5. The van der Waals surface area contributed by atoms with E-state index in [1.165, 1.54) is 18.4 Å². The molecule has 0 aliphatic rings. The molecule has 0 saturated carbocycles. The second kappa shape index (κ2) is 7.11. The van der Waals surface area contributed by atoms with Gasteiger partial charge in [-0.3, -0.25) is 0 Å². The van der Waals surface area contributed by atoms with Crippen molar-refractivity contribution in [2.45, 2.75) is 6.61 Å². The van der Waals surface area contributed by atoms with Crippen LogP contribution >= 0.6 is 22.9 Å². The van der Waals surface area contributed by atoms with Crippen LogP contribution in [0.2, 0.25) is 5.02 Å². The van der Waals surface area contributed by atoms with Gasteiger partial charge in [-0.15, -0.1) is 11.3 Å². The Morgan fingerprint density at radius 2 is 1.88 bits per heavy atom. The molecule has 1 heterocycles. The van der Waals surface area contributed by atoms with Gasteiger partial charge in [0.05, 0.1) is 19.2 Å². The first-order valence-electron chi connectivity index (χ1n) is 7.19. The average Bonchev–Trinajstić information content (AvgIpc) is 2.95. The zero-order valence-corrected chi connectivity index (χ0v) is 14.7. The van der Waals surface area contributed by atoms with Crippen molar-refractivity contribution in [1.29, 1.82) is 0 Å². The van der Waals surface area contributed by atoms with E-state index in [4.69, 9.17) is 25.8 Å². The number of halogens is 1. The number of esters is 1. The zero-order chi connectivity index (χ0) is 17.1. The van der Waals surface area contributed by atoms with E-state index < -0.39 is 5.97 Å². The highest BCUT2D eigenvalue weighted by molar-refractivity contribution is 7.21. The maximum absolute atomic E-state index is 11.8. The summed E-state index contributed by atoms with van der Waals surface area (Å²) in [5, 5.41) is 1.11. The molecule has 0 spiro atoms. The minimum absolute atomic E-state index is 0.370. The van der Waals surface area contributed by atoms with Gasteiger partial charge in [0.2, 0.25) is 0 Å². The Morgan fingerprint density at radius 3 is 2.54 bits per heavy atom. The molecule has 0 N–H and O–H groups in total. The summed E-state index contributed by atoms with van der Waals surface area (Å²) < 4.78 is 16.9. The fourth-order valence-electron chi connectivity index (χ4n) is 2.31. The van der Waals surface area contributed by atoms with Crippen LogP contribution in [0.1, 0.15) is 15.2 Å². The van der Waals surface area contributed by atoms with Gasteiger partial charge in [-0.25, -0.2) is 4.79 Å². The van der Waals surface area contributed by atoms with Crippen molar-refractivity contribution in [2.24, 2.45) is 0 Å². The first kappa shape index (κ1) is 16.6.